The van der Waals surface area contributed by atoms with Crippen LogP contribution in [0, 0.1) is 0 Å². The second kappa shape index (κ2) is 5.74. The number of aliphatic hydroxyl groups is 8. The van der Waals surface area contributed by atoms with Crippen LogP contribution in [-0.4, -0.2) is 96.5 Å². The lowest BCUT2D eigenvalue weighted by Crippen LogP contribution is -2.71. The van der Waals surface area contributed by atoms with Crippen LogP contribution in [0.25, 0.3) is 0 Å². The van der Waals surface area contributed by atoms with Crippen molar-refractivity contribution >= 4 is 0 Å². The number of aliphatic hydroxyl groups excluding tert-OH is 7. The quantitative estimate of drug-likeness (QED) is 0.249. The van der Waals surface area contributed by atoms with Crippen molar-refractivity contribution in [2.24, 2.45) is 0 Å². The van der Waals surface area contributed by atoms with Crippen molar-refractivity contribution in [2.45, 2.75) is 42.4 Å². The van der Waals surface area contributed by atoms with Gasteiger partial charge in [0.1, 0.15) is 36.6 Å². The van der Waals surface area contributed by atoms with Gasteiger partial charge in [-0.3, -0.25) is 0 Å². The Kier molecular flexibility index (Phi) is 5.00. The van der Waals surface area contributed by atoms with Crippen LogP contribution in [0.5, 0.6) is 0 Å². The number of hydrogen-bond donors (Lipinski definition) is 8. The Morgan fingerprint density at radius 3 is 2.06 bits per heavy atom. The lowest BCUT2D eigenvalue weighted by Gasteiger charge is -2.47. The molecule has 1 saturated heterocycles. The summed E-state index contributed by atoms with van der Waals surface area (Å²) in [7, 11) is 0. The van der Waals surface area contributed by atoms with Crippen LogP contribution < -0.4 is 0 Å². The van der Waals surface area contributed by atoms with Gasteiger partial charge < -0.3 is 45.6 Å². The predicted molar refractivity (Wildman–Crippen MR) is 54.0 cm³/mol. The summed E-state index contributed by atoms with van der Waals surface area (Å²) in [5.41, 5.74) is 0. The molecule has 8 N–H and O–H groups in total. The van der Waals surface area contributed by atoms with E-state index in [2.05, 4.69) is 0 Å². The van der Waals surface area contributed by atoms with Crippen molar-refractivity contribution in [1.82, 2.24) is 0 Å². The van der Waals surface area contributed by atoms with E-state index in [1.807, 2.05) is 0 Å². The van der Waals surface area contributed by atoms with Crippen LogP contribution in [0.4, 0.5) is 0 Å². The fourth-order valence-corrected chi connectivity index (χ4v) is 1.80. The van der Waals surface area contributed by atoms with E-state index in [9.17, 15) is 30.6 Å². The topological polar surface area (TPSA) is 171 Å². The average Bonchev–Trinajstić information content (AvgIpc) is 2.38. The molecule has 0 saturated carbocycles. The van der Waals surface area contributed by atoms with E-state index in [0.29, 0.717) is 0 Å². The molecule has 18 heavy (non-hydrogen) atoms. The van der Waals surface area contributed by atoms with Gasteiger partial charge in [-0.15, -0.1) is 0 Å². The summed E-state index contributed by atoms with van der Waals surface area (Å²) in [5, 5.41) is 74.7. The van der Waals surface area contributed by atoms with Crippen molar-refractivity contribution in [3.63, 3.8) is 0 Å². The summed E-state index contributed by atoms with van der Waals surface area (Å²) in [5.74, 6) is -2.83. The zero-order chi connectivity index (χ0) is 14.1. The van der Waals surface area contributed by atoms with Crippen molar-refractivity contribution < 1.29 is 45.6 Å². The first-order chi connectivity index (χ1) is 8.29. The molecular weight excluding hydrogens is 252 g/mol. The highest BCUT2D eigenvalue weighted by atomic mass is 16.7. The number of hydrogen-bond acceptors (Lipinski definition) is 9. The third-order valence-electron chi connectivity index (χ3n) is 2.97. The highest BCUT2D eigenvalue weighted by Crippen LogP contribution is 2.31. The summed E-state index contributed by atoms with van der Waals surface area (Å²) in [6.45, 7) is -1.73. The van der Waals surface area contributed by atoms with E-state index in [1.165, 1.54) is 0 Å². The van der Waals surface area contributed by atoms with Crippen LogP contribution in [-0.2, 0) is 4.74 Å². The molecule has 0 radical (unpaired) electrons. The smallest absolute Gasteiger partial charge is 0.224 e. The molecule has 9 nitrogen and oxygen atoms in total. The number of rotatable bonds is 4. The van der Waals surface area contributed by atoms with Crippen molar-refractivity contribution in [2.75, 3.05) is 13.2 Å². The molecule has 0 aromatic heterocycles. The summed E-state index contributed by atoms with van der Waals surface area (Å²) in [4.78, 5) is 0. The van der Waals surface area contributed by atoms with Gasteiger partial charge in [0, 0.05) is 0 Å². The van der Waals surface area contributed by atoms with E-state index >= 15 is 0 Å². The summed E-state index contributed by atoms with van der Waals surface area (Å²) < 4.78 is 4.73. The molecule has 0 aliphatic carbocycles. The average molecular weight is 270 g/mol. The number of ether oxygens (including phenoxy) is 1. The van der Waals surface area contributed by atoms with Crippen molar-refractivity contribution in [3.05, 3.63) is 0 Å². The first-order valence-electron chi connectivity index (χ1n) is 5.31. The Hall–Kier alpha value is -0.360. The predicted octanol–water partition coefficient (Wildman–Crippen LogP) is -5.14. The SMILES string of the molecule is OCC(O)C(O)[C@@]1(O)O[C@H](CO)[C@H](O)[C@H](O)[C@H]1O. The molecule has 0 amide bonds. The lowest BCUT2D eigenvalue weighted by molar-refractivity contribution is -0.384. The van der Waals surface area contributed by atoms with Crippen molar-refractivity contribution in [1.29, 1.82) is 0 Å². The molecule has 1 aliphatic rings. The third-order valence-corrected chi connectivity index (χ3v) is 2.97. The van der Waals surface area contributed by atoms with E-state index in [1.54, 1.807) is 0 Å². The van der Waals surface area contributed by atoms with Crippen molar-refractivity contribution in [3.8, 4) is 0 Å². The van der Waals surface area contributed by atoms with Gasteiger partial charge >= 0.3 is 0 Å². The molecule has 0 aromatic carbocycles. The minimum atomic E-state index is -2.83. The van der Waals surface area contributed by atoms with Gasteiger partial charge in [0.15, 0.2) is 0 Å². The minimum absolute atomic E-state index is 0.796. The van der Waals surface area contributed by atoms with Gasteiger partial charge in [-0.2, -0.15) is 0 Å². The van der Waals surface area contributed by atoms with E-state index in [-0.39, 0.29) is 0 Å². The van der Waals surface area contributed by atoms with Gasteiger partial charge in [-0.1, -0.05) is 0 Å². The van der Waals surface area contributed by atoms with Crippen LogP contribution >= 0.6 is 0 Å². The van der Waals surface area contributed by atoms with Gasteiger partial charge in [-0.25, -0.2) is 0 Å². The Bertz CT molecular complexity index is 267. The maximum atomic E-state index is 9.92. The largest absolute Gasteiger partial charge is 0.394 e. The van der Waals surface area contributed by atoms with E-state index in [4.69, 9.17) is 14.9 Å². The molecule has 0 bridgehead atoms. The molecule has 2 unspecified atom stereocenters. The maximum Gasteiger partial charge on any atom is 0.224 e. The first-order valence-corrected chi connectivity index (χ1v) is 5.31. The summed E-state index contributed by atoms with van der Waals surface area (Å²) in [6, 6.07) is 0. The van der Waals surface area contributed by atoms with Gasteiger partial charge in [0.25, 0.3) is 0 Å². The monoisotopic (exact) mass is 270 g/mol. The summed E-state index contributed by atoms with van der Waals surface area (Å²) >= 11 is 0. The van der Waals surface area contributed by atoms with Gasteiger partial charge in [-0.05, 0) is 0 Å². The van der Waals surface area contributed by atoms with Crippen LogP contribution in [0.2, 0.25) is 0 Å². The molecule has 108 valence electrons. The third kappa shape index (κ3) is 2.50. The molecule has 1 heterocycles. The second-order valence-corrected chi connectivity index (χ2v) is 4.21. The van der Waals surface area contributed by atoms with Gasteiger partial charge in [0.05, 0.1) is 13.2 Å². The molecule has 7 atom stereocenters. The molecule has 1 rings (SSSR count). The molecule has 0 spiro atoms. The second-order valence-electron chi connectivity index (χ2n) is 4.21. The molecule has 9 heteroatoms. The van der Waals surface area contributed by atoms with E-state index < -0.39 is 55.6 Å². The molecule has 1 aliphatic heterocycles. The van der Waals surface area contributed by atoms with E-state index in [0.717, 1.165) is 0 Å². The Morgan fingerprint density at radius 1 is 1.06 bits per heavy atom. The van der Waals surface area contributed by atoms with Crippen LogP contribution in [0.1, 0.15) is 0 Å². The molecule has 0 aromatic rings. The zero-order valence-corrected chi connectivity index (χ0v) is 9.36. The maximum absolute atomic E-state index is 9.92. The van der Waals surface area contributed by atoms with Crippen LogP contribution in [0.15, 0.2) is 0 Å². The fourth-order valence-electron chi connectivity index (χ4n) is 1.80. The highest BCUT2D eigenvalue weighted by molar-refractivity contribution is 5.00. The normalized spacial score (nSPS) is 44.7. The fraction of sp³-hybridized carbons (Fsp3) is 1.00. The zero-order valence-electron chi connectivity index (χ0n) is 9.36. The summed E-state index contributed by atoms with van der Waals surface area (Å²) in [6.07, 6.45) is -11.2. The minimum Gasteiger partial charge on any atom is -0.394 e. The van der Waals surface area contributed by atoms with Gasteiger partial charge in [0.2, 0.25) is 5.79 Å². The van der Waals surface area contributed by atoms with Crippen LogP contribution in [0.3, 0.4) is 0 Å². The first kappa shape index (κ1) is 15.7. The lowest BCUT2D eigenvalue weighted by atomic mass is 9.87. The standard InChI is InChI=1S/C9H18O9/c10-1-3(12)7(15)9(17)8(16)6(14)5(13)4(2-11)18-9/h3-8,10-17H,1-2H2/t3?,4-,5+,6+,7?,8-,9-/m1/s1. The highest BCUT2D eigenvalue weighted by Gasteiger charge is 2.57. The Morgan fingerprint density at radius 2 is 1.61 bits per heavy atom. The Balaban J connectivity index is 2.98. The molecular formula is C9H18O9. The molecule has 1 fully saturated rings. The Labute approximate surface area is 102 Å².